The van der Waals surface area contributed by atoms with Gasteiger partial charge in [0.05, 0.1) is 6.54 Å². The Bertz CT molecular complexity index is 878. The van der Waals surface area contributed by atoms with E-state index >= 15 is 0 Å². The Morgan fingerprint density at radius 3 is 2.75 bits per heavy atom. The highest BCUT2D eigenvalue weighted by atomic mass is 32.1. The summed E-state index contributed by atoms with van der Waals surface area (Å²) in [7, 11) is 0. The molecule has 0 atom stereocenters. The fraction of sp³-hybridized carbons (Fsp3) is 0.222. The van der Waals surface area contributed by atoms with Crippen LogP contribution in [0.2, 0.25) is 0 Å². The van der Waals surface area contributed by atoms with Gasteiger partial charge in [0.1, 0.15) is 5.82 Å². The molecule has 0 saturated heterocycles. The summed E-state index contributed by atoms with van der Waals surface area (Å²) in [6, 6.07) is 7.82. The average molecular weight is 336 g/mol. The molecule has 4 rings (SSSR count). The molecule has 1 aliphatic rings. The highest BCUT2D eigenvalue weighted by Gasteiger charge is 2.28. The zero-order chi connectivity index (χ0) is 16.5. The first-order valence-corrected chi connectivity index (χ1v) is 8.71. The number of thiophene rings is 1. The Labute approximate surface area is 144 Å². The van der Waals surface area contributed by atoms with Crippen LogP contribution in [0.5, 0.6) is 0 Å². The Balaban J connectivity index is 1.80. The predicted octanol–water partition coefficient (Wildman–Crippen LogP) is 3.39. The molecule has 3 aromatic rings. The van der Waals surface area contributed by atoms with Crippen LogP contribution in [0.1, 0.15) is 22.6 Å². The standard InChI is InChI=1S/C18H16N4OS/c1-12-15-4-5-16(23)22(11-14-3-2-10-24-14)18(15)21-17(20-12)13-6-8-19-9-7-13/h2-3,6-10H,4-5,11H2,1H3. The molecule has 0 spiro atoms. The van der Waals surface area contributed by atoms with Crippen LogP contribution in [-0.4, -0.2) is 20.9 Å². The van der Waals surface area contributed by atoms with E-state index < -0.39 is 0 Å². The van der Waals surface area contributed by atoms with E-state index in [4.69, 9.17) is 4.98 Å². The number of amides is 1. The molecule has 1 aliphatic heterocycles. The summed E-state index contributed by atoms with van der Waals surface area (Å²) in [6.07, 6.45) is 4.67. The van der Waals surface area contributed by atoms with Crippen molar-refractivity contribution >= 4 is 23.1 Å². The molecule has 0 radical (unpaired) electrons. The molecule has 0 N–H and O–H groups in total. The number of anilines is 1. The summed E-state index contributed by atoms with van der Waals surface area (Å²) in [5.41, 5.74) is 2.92. The lowest BCUT2D eigenvalue weighted by molar-refractivity contribution is -0.119. The van der Waals surface area contributed by atoms with Crippen molar-refractivity contribution in [3.05, 3.63) is 58.2 Å². The number of carbonyl (C=O) groups is 1. The molecule has 0 fully saturated rings. The Morgan fingerprint density at radius 1 is 1.17 bits per heavy atom. The van der Waals surface area contributed by atoms with Gasteiger partial charge in [-0.2, -0.15) is 0 Å². The van der Waals surface area contributed by atoms with Crippen molar-refractivity contribution in [3.8, 4) is 11.4 Å². The van der Waals surface area contributed by atoms with E-state index in [0.29, 0.717) is 25.2 Å². The fourth-order valence-corrected chi connectivity index (χ4v) is 3.63. The normalized spacial score (nSPS) is 13.9. The largest absolute Gasteiger partial charge is 0.291 e. The summed E-state index contributed by atoms with van der Waals surface area (Å²) in [5.74, 6) is 1.51. The maximum absolute atomic E-state index is 12.5. The fourth-order valence-electron chi connectivity index (χ4n) is 2.93. The van der Waals surface area contributed by atoms with Gasteiger partial charge in [0, 0.05) is 40.5 Å². The number of hydrogen-bond acceptors (Lipinski definition) is 5. The highest BCUT2D eigenvalue weighted by Crippen LogP contribution is 2.31. The van der Waals surface area contributed by atoms with E-state index in [1.165, 1.54) is 0 Å². The first-order valence-electron chi connectivity index (χ1n) is 7.83. The third-order valence-electron chi connectivity index (χ3n) is 4.17. The molecular formula is C18H16N4OS. The van der Waals surface area contributed by atoms with Crippen LogP contribution in [0.25, 0.3) is 11.4 Å². The van der Waals surface area contributed by atoms with Gasteiger partial charge in [0.15, 0.2) is 5.82 Å². The van der Waals surface area contributed by atoms with E-state index in [2.05, 4.69) is 9.97 Å². The van der Waals surface area contributed by atoms with Crippen LogP contribution < -0.4 is 4.90 Å². The average Bonchev–Trinajstić information content (AvgIpc) is 3.11. The third kappa shape index (κ3) is 2.69. The number of aromatic nitrogens is 3. The van der Waals surface area contributed by atoms with E-state index in [1.807, 2.05) is 36.6 Å². The zero-order valence-corrected chi connectivity index (χ0v) is 14.1. The monoisotopic (exact) mass is 336 g/mol. The van der Waals surface area contributed by atoms with Gasteiger partial charge >= 0.3 is 0 Å². The van der Waals surface area contributed by atoms with E-state index in [-0.39, 0.29) is 5.91 Å². The van der Waals surface area contributed by atoms with Crippen LogP contribution >= 0.6 is 11.3 Å². The smallest absolute Gasteiger partial charge is 0.228 e. The van der Waals surface area contributed by atoms with Crippen molar-refractivity contribution in [2.75, 3.05) is 4.90 Å². The van der Waals surface area contributed by atoms with Crippen molar-refractivity contribution in [2.45, 2.75) is 26.3 Å². The quantitative estimate of drug-likeness (QED) is 0.735. The molecule has 0 aromatic carbocycles. The van der Waals surface area contributed by atoms with Crippen molar-refractivity contribution in [1.29, 1.82) is 0 Å². The molecule has 0 unspecified atom stereocenters. The molecule has 24 heavy (non-hydrogen) atoms. The summed E-state index contributed by atoms with van der Waals surface area (Å²) >= 11 is 1.65. The molecule has 0 saturated carbocycles. The molecule has 4 heterocycles. The molecule has 6 heteroatoms. The maximum atomic E-state index is 12.5. The number of aryl methyl sites for hydroxylation is 1. The topological polar surface area (TPSA) is 59.0 Å². The van der Waals surface area contributed by atoms with Gasteiger partial charge in [-0.1, -0.05) is 6.07 Å². The Hall–Kier alpha value is -2.60. The first-order chi connectivity index (χ1) is 11.7. The molecular weight excluding hydrogens is 320 g/mol. The van der Waals surface area contributed by atoms with Crippen molar-refractivity contribution in [3.63, 3.8) is 0 Å². The highest BCUT2D eigenvalue weighted by molar-refractivity contribution is 7.09. The summed E-state index contributed by atoms with van der Waals surface area (Å²) in [6.45, 7) is 2.56. The van der Waals surface area contributed by atoms with Gasteiger partial charge in [-0.05, 0) is 36.9 Å². The van der Waals surface area contributed by atoms with Gasteiger partial charge in [-0.3, -0.25) is 14.7 Å². The summed E-state index contributed by atoms with van der Waals surface area (Å²) in [4.78, 5) is 28.9. The second-order valence-corrected chi connectivity index (χ2v) is 6.76. The van der Waals surface area contributed by atoms with E-state index in [9.17, 15) is 4.79 Å². The van der Waals surface area contributed by atoms with Crippen molar-refractivity contribution in [2.24, 2.45) is 0 Å². The van der Waals surface area contributed by atoms with Crippen molar-refractivity contribution in [1.82, 2.24) is 15.0 Å². The first kappa shape index (κ1) is 15.0. The van der Waals surface area contributed by atoms with Gasteiger partial charge in [-0.15, -0.1) is 11.3 Å². The second kappa shape index (κ2) is 6.13. The van der Waals surface area contributed by atoms with E-state index in [1.54, 1.807) is 28.6 Å². The lowest BCUT2D eigenvalue weighted by atomic mass is 10.0. The summed E-state index contributed by atoms with van der Waals surface area (Å²) in [5, 5.41) is 2.03. The van der Waals surface area contributed by atoms with Gasteiger partial charge in [0.2, 0.25) is 5.91 Å². The maximum Gasteiger partial charge on any atom is 0.228 e. The molecule has 1 amide bonds. The minimum Gasteiger partial charge on any atom is -0.291 e. The number of nitrogens with zero attached hydrogens (tertiary/aromatic N) is 4. The zero-order valence-electron chi connectivity index (χ0n) is 13.3. The molecule has 0 bridgehead atoms. The molecule has 3 aromatic heterocycles. The molecule has 120 valence electrons. The third-order valence-corrected chi connectivity index (χ3v) is 5.03. The lowest BCUT2D eigenvalue weighted by Crippen LogP contribution is -2.35. The van der Waals surface area contributed by atoms with Crippen LogP contribution in [0, 0.1) is 6.92 Å². The minimum absolute atomic E-state index is 0.120. The van der Waals surface area contributed by atoms with Gasteiger partial charge in [-0.25, -0.2) is 9.97 Å². The SMILES string of the molecule is Cc1nc(-c2ccncc2)nc2c1CCC(=O)N2Cc1cccs1. The number of rotatable bonds is 3. The van der Waals surface area contributed by atoms with Crippen LogP contribution in [0.4, 0.5) is 5.82 Å². The second-order valence-electron chi connectivity index (χ2n) is 5.73. The molecule has 0 aliphatic carbocycles. The number of fused-ring (bicyclic) bond motifs is 1. The number of carbonyl (C=O) groups excluding carboxylic acids is 1. The van der Waals surface area contributed by atoms with Gasteiger partial charge < -0.3 is 0 Å². The van der Waals surface area contributed by atoms with Gasteiger partial charge in [0.25, 0.3) is 0 Å². The predicted molar refractivity (Wildman–Crippen MR) is 93.8 cm³/mol. The van der Waals surface area contributed by atoms with Crippen LogP contribution in [0.3, 0.4) is 0 Å². The van der Waals surface area contributed by atoms with Crippen LogP contribution in [-0.2, 0) is 17.8 Å². The lowest BCUT2D eigenvalue weighted by Gasteiger charge is -2.29. The van der Waals surface area contributed by atoms with Crippen molar-refractivity contribution < 1.29 is 4.79 Å². The minimum atomic E-state index is 0.120. The number of pyridine rings is 1. The Kier molecular flexibility index (Phi) is 3.82. The number of hydrogen-bond donors (Lipinski definition) is 0. The summed E-state index contributed by atoms with van der Waals surface area (Å²) < 4.78 is 0. The van der Waals surface area contributed by atoms with E-state index in [0.717, 1.165) is 27.5 Å². The Morgan fingerprint density at radius 2 is 2.00 bits per heavy atom. The molecule has 5 nitrogen and oxygen atoms in total. The van der Waals surface area contributed by atoms with Crippen LogP contribution in [0.15, 0.2) is 42.0 Å².